The molecule has 1 aromatic heterocycles. The summed E-state index contributed by atoms with van der Waals surface area (Å²) >= 11 is 0. The molecule has 0 aliphatic carbocycles. The number of carbonyl (C=O) groups is 1. The number of carbonyl (C=O) groups excluding carboxylic acids is 1. The highest BCUT2D eigenvalue weighted by molar-refractivity contribution is 5.94. The largest absolute Gasteiger partial charge is 0.469 e. The zero-order valence-corrected chi connectivity index (χ0v) is 12.6. The fourth-order valence-electron chi connectivity index (χ4n) is 2.04. The van der Waals surface area contributed by atoms with E-state index in [1.54, 1.807) is 18.4 Å². The van der Waals surface area contributed by atoms with Gasteiger partial charge < -0.3 is 15.5 Å². The van der Waals surface area contributed by atoms with Crippen LogP contribution in [0.1, 0.15) is 18.2 Å². The summed E-state index contributed by atoms with van der Waals surface area (Å²) in [6.07, 6.45) is 1.66. The van der Waals surface area contributed by atoms with Gasteiger partial charge in [0.05, 0.1) is 12.3 Å². The quantitative estimate of drug-likeness (QED) is 0.829. The van der Waals surface area contributed by atoms with E-state index in [-0.39, 0.29) is 11.9 Å². The van der Waals surface area contributed by atoms with Gasteiger partial charge in [-0.1, -0.05) is 6.07 Å². The van der Waals surface area contributed by atoms with Crippen LogP contribution in [0.15, 0.2) is 41.0 Å². The van der Waals surface area contributed by atoms with E-state index in [4.69, 9.17) is 10.2 Å². The first-order valence-corrected chi connectivity index (χ1v) is 6.87. The molecule has 5 heteroatoms. The van der Waals surface area contributed by atoms with Gasteiger partial charge in [-0.2, -0.15) is 0 Å². The molecule has 0 radical (unpaired) electrons. The van der Waals surface area contributed by atoms with Crippen molar-refractivity contribution in [2.75, 3.05) is 18.1 Å². The van der Waals surface area contributed by atoms with Gasteiger partial charge in [-0.15, -0.1) is 0 Å². The average molecular weight is 287 g/mol. The molecule has 0 spiro atoms. The Balaban J connectivity index is 1.97. The Bertz CT molecular complexity index is 621. The van der Waals surface area contributed by atoms with Crippen LogP contribution in [0, 0.1) is 6.92 Å². The number of furan rings is 1. The zero-order valence-electron chi connectivity index (χ0n) is 12.6. The number of likely N-dealkylation sites (N-methyl/N-ethyl adjacent to an activating group) is 1. The molecule has 1 unspecified atom stereocenters. The molecular weight excluding hydrogens is 266 g/mol. The number of nitrogens with one attached hydrogen (secondary N) is 1. The molecule has 21 heavy (non-hydrogen) atoms. The second kappa shape index (κ2) is 6.45. The van der Waals surface area contributed by atoms with Gasteiger partial charge in [-0.05, 0) is 45.2 Å². The fraction of sp³-hybridized carbons (Fsp3) is 0.312. The smallest absolute Gasteiger partial charge is 0.241 e. The van der Waals surface area contributed by atoms with Crippen molar-refractivity contribution in [3.8, 4) is 0 Å². The van der Waals surface area contributed by atoms with Crippen LogP contribution < -0.4 is 11.1 Å². The standard InChI is InChI=1S/C16H21N3O2/c1-11(19(3)10-13-7-8-21-12(13)2)16(20)18-15-6-4-5-14(17)9-15/h4-9,11H,10,17H2,1-3H3,(H,18,20). The first-order valence-electron chi connectivity index (χ1n) is 6.87. The average Bonchev–Trinajstić information content (AvgIpc) is 2.83. The number of nitrogen functional groups attached to an aromatic ring is 1. The molecular formula is C16H21N3O2. The molecule has 1 atom stereocenters. The molecule has 1 amide bonds. The molecule has 2 rings (SSSR count). The summed E-state index contributed by atoms with van der Waals surface area (Å²) in [5.41, 5.74) is 8.13. The highest BCUT2D eigenvalue weighted by atomic mass is 16.3. The minimum Gasteiger partial charge on any atom is -0.469 e. The number of hydrogen-bond acceptors (Lipinski definition) is 4. The summed E-state index contributed by atoms with van der Waals surface area (Å²) in [6, 6.07) is 8.82. The van der Waals surface area contributed by atoms with Gasteiger partial charge in [0.2, 0.25) is 5.91 Å². The number of nitrogens with zero attached hydrogens (tertiary/aromatic N) is 1. The summed E-state index contributed by atoms with van der Waals surface area (Å²) < 4.78 is 5.27. The molecule has 112 valence electrons. The van der Waals surface area contributed by atoms with E-state index in [0.29, 0.717) is 17.9 Å². The molecule has 1 aromatic carbocycles. The van der Waals surface area contributed by atoms with E-state index in [9.17, 15) is 4.79 Å². The lowest BCUT2D eigenvalue weighted by molar-refractivity contribution is -0.120. The lowest BCUT2D eigenvalue weighted by Crippen LogP contribution is -2.39. The van der Waals surface area contributed by atoms with E-state index in [1.807, 2.05) is 44.0 Å². The predicted molar refractivity (Wildman–Crippen MR) is 83.9 cm³/mol. The molecule has 0 saturated heterocycles. The zero-order chi connectivity index (χ0) is 15.4. The second-order valence-electron chi connectivity index (χ2n) is 5.21. The van der Waals surface area contributed by atoms with Crippen molar-refractivity contribution in [2.24, 2.45) is 0 Å². The number of anilines is 2. The Hall–Kier alpha value is -2.27. The maximum Gasteiger partial charge on any atom is 0.241 e. The van der Waals surface area contributed by atoms with E-state index >= 15 is 0 Å². The van der Waals surface area contributed by atoms with Crippen molar-refractivity contribution in [3.63, 3.8) is 0 Å². The van der Waals surface area contributed by atoms with Crippen molar-refractivity contribution < 1.29 is 9.21 Å². The van der Waals surface area contributed by atoms with Crippen LogP contribution >= 0.6 is 0 Å². The number of hydrogen-bond donors (Lipinski definition) is 2. The highest BCUT2D eigenvalue weighted by Crippen LogP contribution is 2.15. The van der Waals surface area contributed by atoms with Crippen LogP contribution in [0.5, 0.6) is 0 Å². The molecule has 0 saturated carbocycles. The number of nitrogens with two attached hydrogens (primary N) is 1. The van der Waals surface area contributed by atoms with E-state index in [1.165, 1.54) is 0 Å². The maximum absolute atomic E-state index is 12.3. The third-order valence-corrected chi connectivity index (χ3v) is 3.58. The minimum atomic E-state index is -0.263. The topological polar surface area (TPSA) is 71.5 Å². The van der Waals surface area contributed by atoms with Crippen molar-refractivity contribution in [3.05, 3.63) is 47.9 Å². The van der Waals surface area contributed by atoms with Crippen LogP contribution in [0.3, 0.4) is 0 Å². The second-order valence-corrected chi connectivity index (χ2v) is 5.21. The number of aryl methyl sites for hydroxylation is 1. The maximum atomic E-state index is 12.3. The highest BCUT2D eigenvalue weighted by Gasteiger charge is 2.19. The lowest BCUT2D eigenvalue weighted by atomic mass is 10.2. The van der Waals surface area contributed by atoms with Crippen LogP contribution in [0.4, 0.5) is 11.4 Å². The van der Waals surface area contributed by atoms with Gasteiger partial charge in [-0.25, -0.2) is 0 Å². The molecule has 0 aliphatic rings. The third kappa shape index (κ3) is 3.86. The summed E-state index contributed by atoms with van der Waals surface area (Å²) in [6.45, 7) is 4.45. The van der Waals surface area contributed by atoms with Crippen LogP contribution in [0.2, 0.25) is 0 Å². The van der Waals surface area contributed by atoms with Gasteiger partial charge in [0, 0.05) is 23.5 Å². The summed E-state index contributed by atoms with van der Waals surface area (Å²) in [5, 5.41) is 2.87. The third-order valence-electron chi connectivity index (χ3n) is 3.58. The Morgan fingerprint density at radius 1 is 1.43 bits per heavy atom. The monoisotopic (exact) mass is 287 g/mol. The van der Waals surface area contributed by atoms with Gasteiger partial charge in [0.1, 0.15) is 5.76 Å². The van der Waals surface area contributed by atoms with E-state index < -0.39 is 0 Å². The Kier molecular flexibility index (Phi) is 4.65. The Labute approximate surface area is 124 Å². The van der Waals surface area contributed by atoms with Crippen LogP contribution in [-0.2, 0) is 11.3 Å². The SMILES string of the molecule is Cc1occc1CN(C)C(C)C(=O)Nc1cccc(N)c1. The van der Waals surface area contributed by atoms with Crippen molar-refractivity contribution in [1.29, 1.82) is 0 Å². The minimum absolute atomic E-state index is 0.0655. The Morgan fingerprint density at radius 3 is 2.81 bits per heavy atom. The molecule has 2 aromatic rings. The lowest BCUT2D eigenvalue weighted by Gasteiger charge is -2.23. The summed E-state index contributed by atoms with van der Waals surface area (Å²) in [5.74, 6) is 0.814. The molecule has 3 N–H and O–H groups in total. The number of amides is 1. The van der Waals surface area contributed by atoms with Crippen molar-refractivity contribution in [1.82, 2.24) is 4.90 Å². The molecule has 0 aliphatic heterocycles. The van der Waals surface area contributed by atoms with Crippen LogP contribution in [0.25, 0.3) is 0 Å². The molecule has 0 fully saturated rings. The Morgan fingerprint density at radius 2 is 2.19 bits per heavy atom. The van der Waals surface area contributed by atoms with Gasteiger partial charge in [0.25, 0.3) is 0 Å². The number of benzene rings is 1. The molecule has 0 bridgehead atoms. The van der Waals surface area contributed by atoms with Gasteiger partial charge >= 0.3 is 0 Å². The van der Waals surface area contributed by atoms with Crippen molar-refractivity contribution in [2.45, 2.75) is 26.4 Å². The van der Waals surface area contributed by atoms with Gasteiger partial charge in [0.15, 0.2) is 0 Å². The van der Waals surface area contributed by atoms with Crippen molar-refractivity contribution >= 4 is 17.3 Å². The van der Waals surface area contributed by atoms with Gasteiger partial charge in [-0.3, -0.25) is 9.69 Å². The predicted octanol–water partition coefficient (Wildman–Crippen LogP) is 2.63. The van der Waals surface area contributed by atoms with E-state index in [0.717, 1.165) is 11.3 Å². The first kappa shape index (κ1) is 15.1. The van der Waals surface area contributed by atoms with E-state index in [2.05, 4.69) is 5.32 Å². The normalized spacial score (nSPS) is 12.4. The first-order chi connectivity index (χ1) is 9.97. The van der Waals surface area contributed by atoms with Crippen LogP contribution in [-0.4, -0.2) is 23.9 Å². The summed E-state index contributed by atoms with van der Waals surface area (Å²) in [7, 11) is 1.91. The summed E-state index contributed by atoms with van der Waals surface area (Å²) in [4.78, 5) is 14.2. The number of rotatable bonds is 5. The fourth-order valence-corrected chi connectivity index (χ4v) is 2.04. The molecule has 5 nitrogen and oxygen atoms in total. The molecule has 1 heterocycles.